The summed E-state index contributed by atoms with van der Waals surface area (Å²) >= 11 is 0. The van der Waals surface area contributed by atoms with Crippen LogP contribution in [0.3, 0.4) is 0 Å². The van der Waals surface area contributed by atoms with Crippen molar-refractivity contribution in [3.05, 3.63) is 45.8 Å². The third-order valence-electron chi connectivity index (χ3n) is 3.41. The second-order valence-corrected chi connectivity index (χ2v) is 6.82. The van der Waals surface area contributed by atoms with Crippen LogP contribution >= 0.6 is 0 Å². The number of non-ortho nitro benzene ring substituents is 1. The van der Waals surface area contributed by atoms with Gasteiger partial charge < -0.3 is 4.52 Å². The summed E-state index contributed by atoms with van der Waals surface area (Å²) in [7, 11) is -3.94. The molecular weight excluding hydrogens is 310 g/mol. The van der Waals surface area contributed by atoms with Gasteiger partial charge in [0.15, 0.2) is 5.76 Å². The van der Waals surface area contributed by atoms with Crippen molar-refractivity contribution in [1.82, 2.24) is 5.16 Å². The fourth-order valence-corrected chi connectivity index (χ4v) is 3.26. The van der Waals surface area contributed by atoms with Crippen LogP contribution in [-0.4, -0.2) is 18.5 Å². The summed E-state index contributed by atoms with van der Waals surface area (Å²) < 4.78 is 32.4. The van der Waals surface area contributed by atoms with E-state index in [4.69, 9.17) is 4.52 Å². The number of aryl methyl sites for hydroxylation is 1. The number of hydrogen-bond donors (Lipinski definition) is 1. The zero-order valence-corrected chi connectivity index (χ0v) is 12.5. The zero-order chi connectivity index (χ0) is 15.9. The molecule has 9 heteroatoms. The number of nitro benzene ring substituents is 1. The van der Waals surface area contributed by atoms with Crippen LogP contribution in [0.1, 0.15) is 30.2 Å². The molecule has 22 heavy (non-hydrogen) atoms. The van der Waals surface area contributed by atoms with E-state index in [1.165, 1.54) is 18.2 Å². The number of aromatic nitrogens is 1. The van der Waals surface area contributed by atoms with Gasteiger partial charge in [-0.2, -0.15) is 0 Å². The highest BCUT2D eigenvalue weighted by Crippen LogP contribution is 2.44. The summed E-state index contributed by atoms with van der Waals surface area (Å²) in [6.07, 6.45) is 1.86. The van der Waals surface area contributed by atoms with Gasteiger partial charge in [-0.3, -0.25) is 14.8 Å². The molecular formula is C13H13N3O5S. The fraction of sp³-hybridized carbons (Fsp3) is 0.308. The number of rotatable bonds is 5. The molecule has 0 amide bonds. The third-order valence-corrected chi connectivity index (χ3v) is 4.76. The number of nitrogens with zero attached hydrogens (tertiary/aromatic N) is 2. The number of benzene rings is 1. The second kappa shape index (κ2) is 5.09. The molecule has 0 spiro atoms. The quantitative estimate of drug-likeness (QED) is 0.668. The Kier molecular flexibility index (Phi) is 3.36. The third kappa shape index (κ3) is 2.67. The van der Waals surface area contributed by atoms with Gasteiger partial charge >= 0.3 is 0 Å². The normalized spacial score (nSPS) is 14.8. The molecule has 0 bridgehead atoms. The van der Waals surface area contributed by atoms with Gasteiger partial charge in [0, 0.05) is 18.1 Å². The van der Waals surface area contributed by atoms with Crippen LogP contribution in [0, 0.1) is 17.0 Å². The van der Waals surface area contributed by atoms with Crippen LogP contribution in [0.4, 0.5) is 11.4 Å². The van der Waals surface area contributed by atoms with E-state index in [0.717, 1.165) is 18.9 Å². The highest BCUT2D eigenvalue weighted by molar-refractivity contribution is 7.92. The molecule has 0 radical (unpaired) electrons. The fourth-order valence-electron chi connectivity index (χ4n) is 2.09. The number of anilines is 1. The lowest BCUT2D eigenvalue weighted by Crippen LogP contribution is -2.14. The van der Waals surface area contributed by atoms with Crippen molar-refractivity contribution >= 4 is 21.4 Å². The van der Waals surface area contributed by atoms with Crippen molar-refractivity contribution in [1.29, 1.82) is 0 Å². The molecule has 2 aromatic rings. The highest BCUT2D eigenvalue weighted by Gasteiger charge is 2.33. The molecule has 8 nitrogen and oxygen atoms in total. The lowest BCUT2D eigenvalue weighted by Gasteiger charge is -2.08. The van der Waals surface area contributed by atoms with Gasteiger partial charge in [-0.25, -0.2) is 8.42 Å². The Morgan fingerprint density at radius 3 is 2.77 bits per heavy atom. The molecule has 0 atom stereocenters. The summed E-state index contributed by atoms with van der Waals surface area (Å²) in [6, 6.07) is 4.88. The van der Waals surface area contributed by atoms with E-state index in [2.05, 4.69) is 9.88 Å². The monoisotopic (exact) mass is 323 g/mol. The molecule has 116 valence electrons. The molecule has 0 unspecified atom stereocenters. The van der Waals surface area contributed by atoms with Gasteiger partial charge in [0.05, 0.1) is 9.82 Å². The standard InChI is InChI=1S/C13H13N3O5S/c1-8-12(13(21-14-8)9-5-6-9)15-22(19,20)11-4-2-3-10(7-11)16(17)18/h2-4,7,9,15H,5-6H2,1H3. The molecule has 1 heterocycles. The second-order valence-electron chi connectivity index (χ2n) is 5.14. The first-order chi connectivity index (χ1) is 10.4. The molecule has 3 rings (SSSR count). The smallest absolute Gasteiger partial charge is 0.270 e. The van der Waals surface area contributed by atoms with Crippen molar-refractivity contribution < 1.29 is 17.9 Å². The molecule has 1 fully saturated rings. The van der Waals surface area contributed by atoms with Crippen molar-refractivity contribution in [2.75, 3.05) is 4.72 Å². The van der Waals surface area contributed by atoms with Crippen molar-refractivity contribution in [3.63, 3.8) is 0 Å². The van der Waals surface area contributed by atoms with E-state index in [9.17, 15) is 18.5 Å². The Morgan fingerprint density at radius 1 is 1.41 bits per heavy atom. The molecule has 1 N–H and O–H groups in total. The Balaban J connectivity index is 1.96. The zero-order valence-electron chi connectivity index (χ0n) is 11.6. The number of sulfonamides is 1. The molecule has 1 aromatic carbocycles. The Labute approximate surface area is 126 Å². The van der Waals surface area contributed by atoms with E-state index in [-0.39, 0.29) is 16.5 Å². The van der Waals surface area contributed by atoms with Crippen LogP contribution in [0.5, 0.6) is 0 Å². The van der Waals surface area contributed by atoms with Crippen molar-refractivity contribution in [2.24, 2.45) is 0 Å². The van der Waals surface area contributed by atoms with Crippen LogP contribution in [0.2, 0.25) is 0 Å². The maximum absolute atomic E-state index is 12.4. The van der Waals surface area contributed by atoms with Crippen LogP contribution < -0.4 is 4.72 Å². The summed E-state index contributed by atoms with van der Waals surface area (Å²) in [4.78, 5) is 9.95. The molecule has 0 aliphatic heterocycles. The van der Waals surface area contributed by atoms with E-state index in [1.807, 2.05) is 0 Å². The minimum absolute atomic E-state index is 0.177. The highest BCUT2D eigenvalue weighted by atomic mass is 32.2. The first-order valence-corrected chi connectivity index (χ1v) is 8.10. The summed E-state index contributed by atoms with van der Waals surface area (Å²) in [5.74, 6) is 0.704. The molecule has 1 aliphatic carbocycles. The predicted octanol–water partition coefficient (Wildman–Crippen LogP) is 2.57. The summed E-state index contributed by atoms with van der Waals surface area (Å²) in [5, 5.41) is 14.6. The first kappa shape index (κ1) is 14.5. The SMILES string of the molecule is Cc1noc(C2CC2)c1NS(=O)(=O)c1cccc([N+](=O)[O-])c1. The average Bonchev–Trinajstić information content (AvgIpc) is 3.25. The van der Waals surface area contributed by atoms with Crippen molar-refractivity contribution in [2.45, 2.75) is 30.6 Å². The van der Waals surface area contributed by atoms with Gasteiger partial charge in [0.2, 0.25) is 0 Å². The van der Waals surface area contributed by atoms with Crippen LogP contribution in [-0.2, 0) is 10.0 Å². The van der Waals surface area contributed by atoms with E-state index in [0.29, 0.717) is 17.1 Å². The Hall–Kier alpha value is -2.42. The Bertz CT molecular complexity index is 839. The largest absolute Gasteiger partial charge is 0.359 e. The minimum Gasteiger partial charge on any atom is -0.359 e. The number of hydrogen-bond acceptors (Lipinski definition) is 6. The topological polar surface area (TPSA) is 115 Å². The summed E-state index contributed by atoms with van der Waals surface area (Å²) in [5.41, 5.74) is 0.484. The van der Waals surface area contributed by atoms with Crippen molar-refractivity contribution in [3.8, 4) is 0 Å². The lowest BCUT2D eigenvalue weighted by molar-refractivity contribution is -0.385. The van der Waals surface area contributed by atoms with Gasteiger partial charge in [-0.1, -0.05) is 11.2 Å². The van der Waals surface area contributed by atoms with E-state index in [1.54, 1.807) is 6.92 Å². The van der Waals surface area contributed by atoms with Gasteiger partial charge in [0.1, 0.15) is 11.4 Å². The molecule has 0 saturated heterocycles. The molecule has 1 aromatic heterocycles. The van der Waals surface area contributed by atoms with Gasteiger partial charge in [-0.15, -0.1) is 0 Å². The number of nitro groups is 1. The molecule has 1 aliphatic rings. The van der Waals surface area contributed by atoms with Gasteiger partial charge in [-0.05, 0) is 25.8 Å². The van der Waals surface area contributed by atoms with Gasteiger partial charge in [0.25, 0.3) is 15.7 Å². The van der Waals surface area contributed by atoms with E-state index >= 15 is 0 Å². The lowest BCUT2D eigenvalue weighted by atomic mass is 10.2. The number of nitrogens with one attached hydrogen (secondary N) is 1. The van der Waals surface area contributed by atoms with Crippen LogP contribution in [0.25, 0.3) is 0 Å². The maximum atomic E-state index is 12.4. The van der Waals surface area contributed by atoms with Crippen LogP contribution in [0.15, 0.2) is 33.7 Å². The summed E-state index contributed by atoms with van der Waals surface area (Å²) in [6.45, 7) is 1.64. The van der Waals surface area contributed by atoms with E-state index < -0.39 is 14.9 Å². The minimum atomic E-state index is -3.94. The molecule has 1 saturated carbocycles. The predicted molar refractivity (Wildman–Crippen MR) is 77.1 cm³/mol. The first-order valence-electron chi connectivity index (χ1n) is 6.62. The Morgan fingerprint density at radius 2 is 2.14 bits per heavy atom. The average molecular weight is 323 g/mol. The maximum Gasteiger partial charge on any atom is 0.270 e.